The molecule has 1 aromatic carbocycles. The summed E-state index contributed by atoms with van der Waals surface area (Å²) in [5.41, 5.74) is 7.35. The van der Waals surface area contributed by atoms with Crippen molar-refractivity contribution < 1.29 is 8.78 Å². The highest BCUT2D eigenvalue weighted by molar-refractivity contribution is 6.31. The molecule has 190 valence electrons. The summed E-state index contributed by atoms with van der Waals surface area (Å²) in [4.78, 5) is 24.9. The number of nitrogens with zero attached hydrogens (tertiary/aromatic N) is 7. The lowest BCUT2D eigenvalue weighted by Gasteiger charge is -2.16. The maximum atomic E-state index is 15.4. The number of imidazole rings is 1. The lowest BCUT2D eigenvalue weighted by Crippen LogP contribution is -2.24. The van der Waals surface area contributed by atoms with Gasteiger partial charge in [-0.1, -0.05) is 11.6 Å². The number of aromatic amines is 1. The van der Waals surface area contributed by atoms with Gasteiger partial charge >= 0.3 is 0 Å². The number of nitrogen functional groups attached to an aromatic ring is 1. The van der Waals surface area contributed by atoms with Crippen LogP contribution in [0.25, 0.3) is 28.1 Å². The van der Waals surface area contributed by atoms with Gasteiger partial charge in [-0.3, -0.25) is 4.79 Å². The van der Waals surface area contributed by atoms with Crippen molar-refractivity contribution in [1.29, 1.82) is 0 Å². The van der Waals surface area contributed by atoms with E-state index in [1.165, 1.54) is 41.5 Å². The zero-order valence-corrected chi connectivity index (χ0v) is 20.3. The maximum Gasteiger partial charge on any atom is 0.252 e. The normalized spacial score (nSPS) is 17.2. The predicted octanol–water partition coefficient (Wildman–Crippen LogP) is 3.81. The summed E-state index contributed by atoms with van der Waals surface area (Å²) in [6.07, 6.45) is 5.27. The fourth-order valence-corrected chi connectivity index (χ4v) is 5.58. The molecule has 0 amide bonds. The fourth-order valence-electron chi connectivity index (χ4n) is 5.42. The van der Waals surface area contributed by atoms with Crippen molar-refractivity contribution >= 4 is 17.4 Å². The molecule has 7 rings (SSSR count). The van der Waals surface area contributed by atoms with Crippen LogP contribution in [-0.2, 0) is 5.41 Å². The number of rotatable bonds is 4. The number of anilines is 1. The molecule has 5 aromatic rings. The monoisotopic (exact) mass is 533 g/mol. The zero-order chi connectivity index (χ0) is 26.2. The molecule has 1 unspecified atom stereocenters. The van der Waals surface area contributed by atoms with E-state index >= 15 is 4.39 Å². The number of tetrazole rings is 1. The molecule has 0 radical (unpaired) electrons. The van der Waals surface area contributed by atoms with Crippen LogP contribution in [-0.4, -0.2) is 39.7 Å². The molecule has 2 aliphatic rings. The molecule has 38 heavy (non-hydrogen) atoms. The van der Waals surface area contributed by atoms with Crippen molar-refractivity contribution in [3.05, 3.63) is 87.6 Å². The van der Waals surface area contributed by atoms with E-state index in [0.717, 1.165) is 18.5 Å². The van der Waals surface area contributed by atoms with Crippen molar-refractivity contribution in [1.82, 2.24) is 39.7 Å². The van der Waals surface area contributed by atoms with E-state index in [-0.39, 0.29) is 32.9 Å². The number of fused-ring (bicyclic) bond motifs is 2. The summed E-state index contributed by atoms with van der Waals surface area (Å²) >= 11 is 6.13. The molecular weight excluding hydrogens is 516 g/mol. The van der Waals surface area contributed by atoms with E-state index < -0.39 is 17.8 Å². The third-order valence-corrected chi connectivity index (χ3v) is 7.68. The standard InChI is InChI=1S/C25H18ClF2N9O/c26-14-2-3-16(36-11-31-34-35-36)21(22(14)27)12-7-18-25(5-6-25)9-17(37(18)20(38)8-12)24-30-10-15(32-24)13-1-4-19(29)33-23(13)28/h1-4,7-8,10-11,17H,5-6,9H2,(H2,29,33)(H,30,32). The van der Waals surface area contributed by atoms with E-state index in [0.29, 0.717) is 29.2 Å². The van der Waals surface area contributed by atoms with Gasteiger partial charge < -0.3 is 15.3 Å². The maximum absolute atomic E-state index is 15.4. The van der Waals surface area contributed by atoms with Gasteiger partial charge in [0.2, 0.25) is 5.95 Å². The molecule has 5 heterocycles. The lowest BCUT2D eigenvalue weighted by atomic mass is 9.95. The Morgan fingerprint density at radius 1 is 1.16 bits per heavy atom. The highest BCUT2D eigenvalue weighted by Gasteiger charge is 2.54. The molecule has 4 aromatic heterocycles. The first-order valence-corrected chi connectivity index (χ1v) is 12.2. The first-order valence-electron chi connectivity index (χ1n) is 11.8. The largest absolute Gasteiger partial charge is 0.384 e. The highest BCUT2D eigenvalue weighted by Crippen LogP contribution is 2.58. The van der Waals surface area contributed by atoms with Crippen LogP contribution >= 0.6 is 11.6 Å². The number of hydrogen-bond donors (Lipinski definition) is 2. The van der Waals surface area contributed by atoms with Crippen LogP contribution in [0.1, 0.15) is 36.8 Å². The van der Waals surface area contributed by atoms with Crippen LogP contribution in [0.4, 0.5) is 14.6 Å². The van der Waals surface area contributed by atoms with Gasteiger partial charge in [-0.2, -0.15) is 9.07 Å². The molecule has 0 saturated heterocycles. The molecule has 10 nitrogen and oxygen atoms in total. The van der Waals surface area contributed by atoms with E-state index in [1.807, 2.05) is 6.07 Å². The van der Waals surface area contributed by atoms with Crippen LogP contribution < -0.4 is 11.3 Å². The molecule has 1 spiro atoms. The van der Waals surface area contributed by atoms with Crippen LogP contribution in [0.2, 0.25) is 5.02 Å². The van der Waals surface area contributed by atoms with E-state index in [2.05, 4.69) is 30.5 Å². The van der Waals surface area contributed by atoms with Crippen LogP contribution in [0.15, 0.2) is 53.7 Å². The second-order valence-corrected chi connectivity index (χ2v) is 10.0. The Labute approximate surface area is 218 Å². The van der Waals surface area contributed by atoms with Crippen molar-refractivity contribution in [3.63, 3.8) is 0 Å². The third-order valence-electron chi connectivity index (χ3n) is 7.39. The van der Waals surface area contributed by atoms with Crippen molar-refractivity contribution in [2.75, 3.05) is 5.73 Å². The molecule has 3 N–H and O–H groups in total. The van der Waals surface area contributed by atoms with Crippen molar-refractivity contribution in [2.24, 2.45) is 0 Å². The number of halogens is 3. The number of hydrogen-bond acceptors (Lipinski definition) is 7. The Bertz CT molecular complexity index is 1790. The van der Waals surface area contributed by atoms with Gasteiger partial charge in [0.05, 0.1) is 34.2 Å². The highest BCUT2D eigenvalue weighted by atomic mass is 35.5. The average molecular weight is 534 g/mol. The number of aromatic nitrogens is 8. The topological polar surface area (TPSA) is 133 Å². The predicted molar refractivity (Wildman–Crippen MR) is 134 cm³/mol. The van der Waals surface area contributed by atoms with Crippen LogP contribution in [0.5, 0.6) is 0 Å². The van der Waals surface area contributed by atoms with Gasteiger partial charge in [0.15, 0.2) is 5.82 Å². The van der Waals surface area contributed by atoms with Gasteiger partial charge in [0.25, 0.3) is 5.56 Å². The Kier molecular flexibility index (Phi) is 4.80. The average Bonchev–Trinajstić information content (AvgIpc) is 3.24. The molecule has 1 saturated carbocycles. The Morgan fingerprint density at radius 2 is 2.00 bits per heavy atom. The smallest absolute Gasteiger partial charge is 0.252 e. The van der Waals surface area contributed by atoms with Crippen LogP contribution in [0.3, 0.4) is 0 Å². The lowest BCUT2D eigenvalue weighted by molar-refractivity contribution is 0.542. The van der Waals surface area contributed by atoms with E-state index in [1.54, 1.807) is 10.6 Å². The second-order valence-electron chi connectivity index (χ2n) is 9.60. The number of pyridine rings is 2. The molecule has 1 aliphatic carbocycles. The number of nitrogens with two attached hydrogens (primary N) is 1. The van der Waals surface area contributed by atoms with Gasteiger partial charge in [0, 0.05) is 22.7 Å². The Balaban J connectivity index is 1.35. The summed E-state index contributed by atoms with van der Waals surface area (Å²) < 4.78 is 32.8. The molecule has 1 atom stereocenters. The quantitative estimate of drug-likeness (QED) is 0.335. The van der Waals surface area contributed by atoms with E-state index in [9.17, 15) is 9.18 Å². The first kappa shape index (κ1) is 22.7. The Hall–Kier alpha value is -4.45. The summed E-state index contributed by atoms with van der Waals surface area (Å²) in [7, 11) is 0. The summed E-state index contributed by atoms with van der Waals surface area (Å²) in [5.74, 6) is -0.778. The number of benzene rings is 1. The summed E-state index contributed by atoms with van der Waals surface area (Å²) in [6, 6.07) is 8.89. The van der Waals surface area contributed by atoms with Crippen LogP contribution in [0, 0.1) is 11.8 Å². The minimum Gasteiger partial charge on any atom is -0.384 e. The summed E-state index contributed by atoms with van der Waals surface area (Å²) in [5, 5.41) is 11.1. The van der Waals surface area contributed by atoms with Gasteiger partial charge in [-0.25, -0.2) is 14.4 Å². The summed E-state index contributed by atoms with van der Waals surface area (Å²) in [6.45, 7) is 0. The number of H-pyrrole nitrogens is 1. The van der Waals surface area contributed by atoms with Gasteiger partial charge in [0.1, 0.15) is 18.0 Å². The third kappa shape index (κ3) is 3.36. The zero-order valence-electron chi connectivity index (χ0n) is 19.6. The van der Waals surface area contributed by atoms with Gasteiger partial charge in [-0.15, -0.1) is 5.10 Å². The minimum atomic E-state index is -0.713. The SMILES string of the molecule is Nc1ccc(-c2cnc(C3CC4(CC4)c4cc(-c5c(-n6cnnn6)ccc(Cl)c5F)cc(=O)n43)[nH]2)c(F)n1. The first-order chi connectivity index (χ1) is 18.3. The number of nitrogens with one attached hydrogen (secondary N) is 1. The van der Waals surface area contributed by atoms with Gasteiger partial charge in [-0.05, 0) is 65.6 Å². The molecule has 1 fully saturated rings. The van der Waals surface area contributed by atoms with E-state index in [4.69, 9.17) is 17.3 Å². The Morgan fingerprint density at radius 3 is 2.74 bits per heavy atom. The molecule has 13 heteroatoms. The molecule has 1 aliphatic heterocycles. The minimum absolute atomic E-state index is 0.0770. The molecule has 0 bridgehead atoms. The second kappa shape index (κ2) is 8.02. The van der Waals surface area contributed by atoms with Crippen molar-refractivity contribution in [3.8, 4) is 28.1 Å². The fraction of sp³-hybridized carbons (Fsp3) is 0.200. The molecular formula is C25H18ClF2N9O. The van der Waals surface area contributed by atoms with Crippen molar-refractivity contribution in [2.45, 2.75) is 30.7 Å².